The number of alkyl halides is 1. The summed E-state index contributed by atoms with van der Waals surface area (Å²) in [6.07, 6.45) is 11.0. The molecule has 2 atom stereocenters. The van der Waals surface area contributed by atoms with Crippen molar-refractivity contribution in [2.45, 2.75) is 42.9 Å². The van der Waals surface area contributed by atoms with Crippen LogP contribution in [0.15, 0.2) is 18.5 Å². The van der Waals surface area contributed by atoms with E-state index in [1.807, 2.05) is 24.2 Å². The molecular formula is C14H18ClN3S. The van der Waals surface area contributed by atoms with Crippen molar-refractivity contribution in [1.29, 1.82) is 0 Å². The Morgan fingerprint density at radius 3 is 3.16 bits per heavy atom. The van der Waals surface area contributed by atoms with Crippen LogP contribution >= 0.6 is 23.4 Å². The van der Waals surface area contributed by atoms with Crippen LogP contribution < -0.4 is 0 Å². The van der Waals surface area contributed by atoms with Crippen molar-refractivity contribution < 1.29 is 0 Å². The summed E-state index contributed by atoms with van der Waals surface area (Å²) in [5, 5.41) is 0.765. The summed E-state index contributed by atoms with van der Waals surface area (Å²) in [7, 11) is 0. The molecule has 1 fully saturated rings. The Bertz CT molecular complexity index is 569. The molecule has 2 aromatic rings. The molecule has 0 bridgehead atoms. The van der Waals surface area contributed by atoms with Gasteiger partial charge in [-0.15, -0.1) is 11.6 Å². The fourth-order valence-electron chi connectivity index (χ4n) is 3.07. The second kappa shape index (κ2) is 5.71. The first-order valence-electron chi connectivity index (χ1n) is 6.73. The quantitative estimate of drug-likeness (QED) is 0.801. The molecule has 3 nitrogen and oxygen atoms in total. The van der Waals surface area contributed by atoms with Crippen LogP contribution in [0, 0.1) is 0 Å². The largest absolute Gasteiger partial charge is 0.324 e. The molecule has 1 aliphatic rings. The van der Waals surface area contributed by atoms with Gasteiger partial charge in [-0.05, 0) is 31.6 Å². The van der Waals surface area contributed by atoms with Crippen molar-refractivity contribution in [3.63, 3.8) is 0 Å². The number of nitrogens with zero attached hydrogens (tertiary/aromatic N) is 3. The van der Waals surface area contributed by atoms with Crippen LogP contribution in [0.5, 0.6) is 0 Å². The van der Waals surface area contributed by atoms with E-state index in [1.54, 1.807) is 0 Å². The zero-order chi connectivity index (χ0) is 13.2. The molecule has 1 saturated carbocycles. The van der Waals surface area contributed by atoms with Crippen LogP contribution in [0.1, 0.15) is 37.5 Å². The van der Waals surface area contributed by atoms with Crippen molar-refractivity contribution in [2.75, 3.05) is 6.26 Å². The number of hydrogen-bond donors (Lipinski definition) is 0. The summed E-state index contributed by atoms with van der Waals surface area (Å²) in [6, 6.07) is 2.59. The number of hydrogen-bond acceptors (Lipinski definition) is 3. The van der Waals surface area contributed by atoms with Crippen LogP contribution in [0.4, 0.5) is 0 Å². The van der Waals surface area contributed by atoms with Crippen molar-refractivity contribution in [1.82, 2.24) is 14.5 Å². The molecule has 0 aliphatic heterocycles. The third-order valence-corrected chi connectivity index (χ3v) is 5.32. The van der Waals surface area contributed by atoms with Gasteiger partial charge in [-0.25, -0.2) is 4.98 Å². The number of halogens is 1. The Morgan fingerprint density at radius 1 is 1.47 bits per heavy atom. The first-order chi connectivity index (χ1) is 9.33. The first-order valence-corrected chi connectivity index (χ1v) is 8.55. The number of rotatable bonds is 3. The topological polar surface area (TPSA) is 30.7 Å². The van der Waals surface area contributed by atoms with Crippen LogP contribution in [0.3, 0.4) is 0 Å². The number of thioether (sulfide) groups is 1. The summed E-state index contributed by atoms with van der Waals surface area (Å²) in [5.41, 5.74) is 2.14. The number of aromatic nitrogens is 3. The van der Waals surface area contributed by atoms with E-state index >= 15 is 0 Å². The number of imidazole rings is 1. The summed E-state index contributed by atoms with van der Waals surface area (Å²) in [5.74, 6) is 1.45. The zero-order valence-corrected chi connectivity index (χ0v) is 12.6. The minimum atomic E-state index is 0.467. The molecule has 0 radical (unpaired) electrons. The zero-order valence-electron chi connectivity index (χ0n) is 11.1. The molecule has 2 unspecified atom stereocenters. The van der Waals surface area contributed by atoms with E-state index in [9.17, 15) is 0 Å². The highest BCUT2D eigenvalue weighted by Gasteiger charge is 2.25. The van der Waals surface area contributed by atoms with Crippen LogP contribution in [0.2, 0.25) is 0 Å². The Kier molecular flexibility index (Phi) is 3.99. The average Bonchev–Trinajstić information content (AvgIpc) is 2.85. The molecule has 0 spiro atoms. The van der Waals surface area contributed by atoms with Gasteiger partial charge in [-0.3, -0.25) is 4.98 Å². The minimum Gasteiger partial charge on any atom is -0.324 e. The highest BCUT2D eigenvalue weighted by atomic mass is 35.5. The molecule has 0 aromatic carbocycles. The summed E-state index contributed by atoms with van der Waals surface area (Å²) < 4.78 is 2.35. The maximum atomic E-state index is 6.08. The molecule has 2 heterocycles. The Labute approximate surface area is 122 Å². The lowest BCUT2D eigenvalue weighted by atomic mass is 9.94. The molecule has 0 N–H and O–H groups in total. The van der Waals surface area contributed by atoms with E-state index in [0.29, 0.717) is 11.9 Å². The van der Waals surface area contributed by atoms with E-state index in [0.717, 1.165) is 16.6 Å². The minimum absolute atomic E-state index is 0.467. The molecule has 102 valence electrons. The molecule has 1 aliphatic carbocycles. The molecule has 0 amide bonds. The normalized spacial score (nSPS) is 23.9. The smallest absolute Gasteiger partial charge is 0.125 e. The predicted octanol–water partition coefficient (Wildman–Crippen LogP) is 4.02. The van der Waals surface area contributed by atoms with E-state index in [2.05, 4.69) is 26.9 Å². The van der Waals surface area contributed by atoms with Crippen LogP contribution in [0.25, 0.3) is 11.0 Å². The van der Waals surface area contributed by atoms with Crippen LogP contribution in [-0.2, 0) is 5.88 Å². The number of fused-ring (bicyclic) bond motifs is 1. The van der Waals surface area contributed by atoms with Gasteiger partial charge in [0.1, 0.15) is 11.3 Å². The summed E-state index contributed by atoms with van der Waals surface area (Å²) >= 11 is 8.07. The van der Waals surface area contributed by atoms with Gasteiger partial charge in [0.15, 0.2) is 0 Å². The van der Waals surface area contributed by atoms with E-state index in [4.69, 9.17) is 11.6 Å². The summed E-state index contributed by atoms with van der Waals surface area (Å²) in [4.78, 5) is 8.77. The maximum absolute atomic E-state index is 6.08. The lowest BCUT2D eigenvalue weighted by Gasteiger charge is -2.30. The predicted molar refractivity (Wildman–Crippen MR) is 81.9 cm³/mol. The molecule has 2 aromatic heterocycles. The van der Waals surface area contributed by atoms with Crippen molar-refractivity contribution in [3.8, 4) is 0 Å². The Morgan fingerprint density at radius 2 is 2.37 bits per heavy atom. The SMILES string of the molecule is CSC1CCCC(n2c(CCl)nc3cnccc32)C1. The fraction of sp³-hybridized carbons (Fsp3) is 0.571. The molecule has 19 heavy (non-hydrogen) atoms. The lowest BCUT2D eigenvalue weighted by Crippen LogP contribution is -2.21. The third kappa shape index (κ3) is 2.48. The van der Waals surface area contributed by atoms with Gasteiger partial charge in [-0.1, -0.05) is 6.42 Å². The van der Waals surface area contributed by atoms with Crippen molar-refractivity contribution in [2.24, 2.45) is 0 Å². The Balaban J connectivity index is 2.02. The third-order valence-electron chi connectivity index (χ3n) is 3.98. The number of pyridine rings is 1. The molecular weight excluding hydrogens is 278 g/mol. The fourth-order valence-corrected chi connectivity index (χ4v) is 4.08. The van der Waals surface area contributed by atoms with E-state index in [1.165, 1.54) is 31.2 Å². The average molecular weight is 296 g/mol. The molecule has 5 heteroatoms. The first kappa shape index (κ1) is 13.3. The van der Waals surface area contributed by atoms with Gasteiger partial charge >= 0.3 is 0 Å². The second-order valence-corrected chi connectivity index (χ2v) is 6.48. The van der Waals surface area contributed by atoms with Gasteiger partial charge < -0.3 is 4.57 Å². The standard InChI is InChI=1S/C14H18ClN3S/c1-19-11-4-2-3-10(7-11)18-13-5-6-16-9-12(13)17-14(18)8-15/h5-6,9-11H,2-4,7-8H2,1H3. The van der Waals surface area contributed by atoms with Gasteiger partial charge in [0.2, 0.25) is 0 Å². The highest BCUT2D eigenvalue weighted by Crippen LogP contribution is 2.36. The monoisotopic (exact) mass is 295 g/mol. The second-order valence-electron chi connectivity index (χ2n) is 5.07. The van der Waals surface area contributed by atoms with E-state index in [-0.39, 0.29) is 0 Å². The lowest BCUT2D eigenvalue weighted by molar-refractivity contribution is 0.362. The maximum Gasteiger partial charge on any atom is 0.125 e. The summed E-state index contributed by atoms with van der Waals surface area (Å²) in [6.45, 7) is 0. The molecule has 0 saturated heterocycles. The van der Waals surface area contributed by atoms with Crippen molar-refractivity contribution >= 4 is 34.4 Å². The van der Waals surface area contributed by atoms with Gasteiger partial charge in [0.05, 0.1) is 17.6 Å². The van der Waals surface area contributed by atoms with Crippen LogP contribution in [-0.4, -0.2) is 26.0 Å². The highest BCUT2D eigenvalue weighted by molar-refractivity contribution is 7.99. The van der Waals surface area contributed by atoms with E-state index < -0.39 is 0 Å². The van der Waals surface area contributed by atoms with Gasteiger partial charge in [0.25, 0.3) is 0 Å². The van der Waals surface area contributed by atoms with Gasteiger partial charge in [0, 0.05) is 17.5 Å². The van der Waals surface area contributed by atoms with Crippen molar-refractivity contribution in [3.05, 3.63) is 24.3 Å². The Hall–Kier alpha value is -0.740. The van der Waals surface area contributed by atoms with Gasteiger partial charge in [-0.2, -0.15) is 11.8 Å². The molecule has 3 rings (SSSR count).